The fourth-order valence-electron chi connectivity index (χ4n) is 2.58. The van der Waals surface area contributed by atoms with Gasteiger partial charge in [-0.25, -0.2) is 0 Å². The van der Waals surface area contributed by atoms with Gasteiger partial charge in [-0.15, -0.1) is 0 Å². The molecule has 0 spiro atoms. The topological polar surface area (TPSA) is 46.3 Å². The van der Waals surface area contributed by atoms with Gasteiger partial charge >= 0.3 is 0 Å². The second kappa shape index (κ2) is 7.60. The van der Waals surface area contributed by atoms with E-state index in [0.29, 0.717) is 18.4 Å². The van der Waals surface area contributed by atoms with E-state index in [1.807, 2.05) is 30.3 Å². The lowest BCUT2D eigenvalue weighted by Gasteiger charge is -2.24. The molecule has 0 heterocycles. The highest BCUT2D eigenvalue weighted by Gasteiger charge is 2.32. The quantitative estimate of drug-likeness (QED) is 0.795. The Labute approximate surface area is 128 Å². The molecule has 1 amide bonds. The first-order valence-corrected chi connectivity index (χ1v) is 8.18. The summed E-state index contributed by atoms with van der Waals surface area (Å²) < 4.78 is 0. The van der Waals surface area contributed by atoms with Crippen LogP contribution >= 0.6 is 0 Å². The molecule has 1 aliphatic rings. The number of carbonyl (C=O) groups is 1. The molecule has 1 aliphatic carbocycles. The van der Waals surface area contributed by atoms with Gasteiger partial charge in [0, 0.05) is 25.0 Å². The van der Waals surface area contributed by atoms with Crippen molar-refractivity contribution in [3.63, 3.8) is 0 Å². The first-order chi connectivity index (χ1) is 10.1. The van der Waals surface area contributed by atoms with Crippen molar-refractivity contribution in [2.45, 2.75) is 58.0 Å². The third-order valence-corrected chi connectivity index (χ3v) is 4.15. The van der Waals surface area contributed by atoms with Crippen molar-refractivity contribution in [2.75, 3.05) is 6.54 Å². The highest BCUT2D eigenvalue weighted by molar-refractivity contribution is 5.76. The van der Waals surface area contributed by atoms with Crippen molar-refractivity contribution in [1.29, 1.82) is 0 Å². The Bertz CT molecular complexity index is 440. The molecular formula is C18H28N2O. The number of benzene rings is 1. The van der Waals surface area contributed by atoms with Crippen LogP contribution in [0, 0.1) is 5.92 Å². The van der Waals surface area contributed by atoms with Crippen molar-refractivity contribution in [3.05, 3.63) is 35.9 Å². The monoisotopic (exact) mass is 288 g/mol. The molecule has 2 rings (SSSR count). The van der Waals surface area contributed by atoms with Gasteiger partial charge in [0.1, 0.15) is 0 Å². The second-order valence-corrected chi connectivity index (χ2v) is 6.56. The molecule has 0 aliphatic heterocycles. The molecule has 1 aromatic rings. The van der Waals surface area contributed by atoms with Crippen molar-refractivity contribution < 1.29 is 4.79 Å². The molecule has 1 unspecified atom stereocenters. The summed E-state index contributed by atoms with van der Waals surface area (Å²) >= 11 is 0. The minimum Gasteiger partial charge on any atom is -0.340 e. The summed E-state index contributed by atoms with van der Waals surface area (Å²) in [6.45, 7) is 5.32. The molecule has 2 N–H and O–H groups in total. The molecule has 3 nitrogen and oxygen atoms in total. The summed E-state index contributed by atoms with van der Waals surface area (Å²) in [6, 6.07) is 10.5. The normalized spacial score (nSPS) is 16.0. The number of rotatable bonds is 8. The van der Waals surface area contributed by atoms with Gasteiger partial charge in [0.05, 0.1) is 0 Å². The minimum atomic E-state index is -0.0405. The fraction of sp³-hybridized carbons (Fsp3) is 0.611. The number of carbonyl (C=O) groups excluding carboxylic acids is 1. The van der Waals surface area contributed by atoms with Gasteiger partial charge in [-0.3, -0.25) is 4.79 Å². The maximum atomic E-state index is 12.4. The van der Waals surface area contributed by atoms with E-state index in [9.17, 15) is 4.79 Å². The van der Waals surface area contributed by atoms with E-state index in [0.717, 1.165) is 24.9 Å². The van der Waals surface area contributed by atoms with Gasteiger partial charge in [0.25, 0.3) is 0 Å². The van der Waals surface area contributed by atoms with Crippen LogP contribution in [0.1, 0.15) is 57.6 Å². The van der Waals surface area contributed by atoms with Crippen LogP contribution in [0.25, 0.3) is 0 Å². The van der Waals surface area contributed by atoms with Crippen LogP contribution < -0.4 is 5.73 Å². The van der Waals surface area contributed by atoms with Gasteiger partial charge in [0.15, 0.2) is 0 Å². The van der Waals surface area contributed by atoms with Crippen LogP contribution in [0.3, 0.4) is 0 Å². The SMILES string of the molecule is CC(C)CCN(C(=O)CCC(N)c1ccccc1)C1CC1. The zero-order chi connectivity index (χ0) is 15.2. The Morgan fingerprint density at radius 3 is 2.48 bits per heavy atom. The average Bonchev–Trinajstić information content (AvgIpc) is 3.30. The number of hydrogen-bond acceptors (Lipinski definition) is 2. The lowest BCUT2D eigenvalue weighted by atomic mass is 10.0. The van der Waals surface area contributed by atoms with E-state index in [2.05, 4.69) is 18.7 Å². The lowest BCUT2D eigenvalue weighted by Crippen LogP contribution is -2.34. The summed E-state index contributed by atoms with van der Waals surface area (Å²) in [6.07, 6.45) is 4.73. The van der Waals surface area contributed by atoms with E-state index < -0.39 is 0 Å². The van der Waals surface area contributed by atoms with Crippen molar-refractivity contribution in [3.8, 4) is 0 Å². The Morgan fingerprint density at radius 1 is 1.24 bits per heavy atom. The summed E-state index contributed by atoms with van der Waals surface area (Å²) in [5, 5.41) is 0. The lowest BCUT2D eigenvalue weighted by molar-refractivity contribution is -0.132. The van der Waals surface area contributed by atoms with Gasteiger partial charge < -0.3 is 10.6 Å². The van der Waals surface area contributed by atoms with E-state index in [4.69, 9.17) is 5.73 Å². The van der Waals surface area contributed by atoms with Gasteiger partial charge in [-0.2, -0.15) is 0 Å². The molecule has 0 saturated heterocycles. The third kappa shape index (κ3) is 5.16. The first kappa shape index (κ1) is 16.0. The molecule has 0 bridgehead atoms. The predicted molar refractivity (Wildman–Crippen MR) is 86.8 cm³/mol. The van der Waals surface area contributed by atoms with E-state index in [1.54, 1.807) is 0 Å². The molecule has 3 heteroatoms. The molecule has 116 valence electrons. The summed E-state index contributed by atoms with van der Waals surface area (Å²) in [4.78, 5) is 14.5. The summed E-state index contributed by atoms with van der Waals surface area (Å²) in [7, 11) is 0. The zero-order valence-electron chi connectivity index (χ0n) is 13.3. The van der Waals surface area contributed by atoms with E-state index in [-0.39, 0.29) is 11.9 Å². The number of amides is 1. The van der Waals surface area contributed by atoms with Crippen LogP contribution in [0.15, 0.2) is 30.3 Å². The van der Waals surface area contributed by atoms with Crippen LogP contribution in [-0.4, -0.2) is 23.4 Å². The Morgan fingerprint density at radius 2 is 1.90 bits per heavy atom. The highest BCUT2D eigenvalue weighted by atomic mass is 16.2. The maximum Gasteiger partial charge on any atom is 0.222 e. The van der Waals surface area contributed by atoms with Crippen LogP contribution in [-0.2, 0) is 4.79 Å². The van der Waals surface area contributed by atoms with Crippen LogP contribution in [0.5, 0.6) is 0 Å². The standard InChI is InChI=1S/C18H28N2O/c1-14(2)12-13-20(16-8-9-16)18(21)11-10-17(19)15-6-4-3-5-7-15/h3-7,14,16-17H,8-13,19H2,1-2H3. The molecule has 1 atom stereocenters. The molecule has 1 saturated carbocycles. The summed E-state index contributed by atoms with van der Waals surface area (Å²) in [5.41, 5.74) is 7.30. The molecule has 1 aromatic carbocycles. The first-order valence-electron chi connectivity index (χ1n) is 8.18. The van der Waals surface area contributed by atoms with Crippen LogP contribution in [0.4, 0.5) is 0 Å². The Hall–Kier alpha value is -1.35. The fourth-order valence-corrected chi connectivity index (χ4v) is 2.58. The van der Waals surface area contributed by atoms with Gasteiger partial charge in [-0.05, 0) is 37.2 Å². The zero-order valence-corrected chi connectivity index (χ0v) is 13.3. The molecule has 0 radical (unpaired) electrons. The maximum absolute atomic E-state index is 12.4. The predicted octanol–water partition coefficient (Wildman–Crippen LogP) is 3.50. The van der Waals surface area contributed by atoms with Gasteiger partial charge in [0.2, 0.25) is 5.91 Å². The van der Waals surface area contributed by atoms with Crippen molar-refractivity contribution >= 4 is 5.91 Å². The average molecular weight is 288 g/mol. The third-order valence-electron chi connectivity index (χ3n) is 4.15. The molecule has 0 aromatic heterocycles. The molecular weight excluding hydrogens is 260 g/mol. The number of hydrogen-bond donors (Lipinski definition) is 1. The highest BCUT2D eigenvalue weighted by Crippen LogP contribution is 2.28. The smallest absolute Gasteiger partial charge is 0.222 e. The number of nitrogens with zero attached hydrogens (tertiary/aromatic N) is 1. The van der Waals surface area contributed by atoms with Gasteiger partial charge in [-0.1, -0.05) is 44.2 Å². The largest absolute Gasteiger partial charge is 0.340 e. The van der Waals surface area contributed by atoms with E-state index >= 15 is 0 Å². The van der Waals surface area contributed by atoms with Crippen molar-refractivity contribution in [1.82, 2.24) is 4.90 Å². The second-order valence-electron chi connectivity index (χ2n) is 6.56. The molecule has 1 fully saturated rings. The molecule has 21 heavy (non-hydrogen) atoms. The Kier molecular flexibility index (Phi) is 5.80. The Balaban J connectivity index is 1.81. The minimum absolute atomic E-state index is 0.0405. The number of nitrogens with two attached hydrogens (primary N) is 1. The van der Waals surface area contributed by atoms with Crippen molar-refractivity contribution in [2.24, 2.45) is 11.7 Å². The van der Waals surface area contributed by atoms with Crippen LogP contribution in [0.2, 0.25) is 0 Å². The summed E-state index contributed by atoms with van der Waals surface area (Å²) in [5.74, 6) is 0.926. The van der Waals surface area contributed by atoms with E-state index in [1.165, 1.54) is 12.8 Å².